The molecule has 0 amide bonds. The van der Waals surface area contributed by atoms with Crippen LogP contribution in [-0.4, -0.2) is 18.7 Å². The molecule has 0 saturated carbocycles. The van der Waals surface area contributed by atoms with E-state index in [1.807, 2.05) is 6.92 Å². The fourth-order valence-electron chi connectivity index (χ4n) is 0.767. The number of hydrogen-bond donors (Lipinski definition) is 0. The Morgan fingerprint density at radius 3 is 3.10 bits per heavy atom. The summed E-state index contributed by atoms with van der Waals surface area (Å²) < 4.78 is 9.76. The molecule has 1 rings (SSSR count). The van der Waals surface area contributed by atoms with E-state index in [4.69, 9.17) is 4.74 Å². The number of carbonyl (C=O) groups excluding carboxylic acids is 1. The van der Waals surface area contributed by atoms with E-state index < -0.39 is 0 Å². The Morgan fingerprint density at radius 2 is 2.60 bits per heavy atom. The molecular weight excluding hydrogens is 132 g/mol. The number of rotatable bonds is 2. The monoisotopic (exact) mass is 142 g/mol. The number of allylic oxidation sites excluding steroid dienone is 1. The van der Waals surface area contributed by atoms with Crippen molar-refractivity contribution in [3.8, 4) is 0 Å². The molecule has 1 fully saturated rings. The van der Waals surface area contributed by atoms with Crippen molar-refractivity contribution in [3.63, 3.8) is 0 Å². The third-order valence-electron chi connectivity index (χ3n) is 1.23. The molecule has 1 aliphatic heterocycles. The Balaban J connectivity index is 2.24. The normalized spacial score (nSPS) is 25.3. The molecule has 3 nitrogen and oxygen atoms in total. The number of hydrogen-bond acceptors (Lipinski definition) is 3. The number of carbonyl (C=O) groups is 1. The molecule has 56 valence electrons. The van der Waals surface area contributed by atoms with Gasteiger partial charge in [0.1, 0.15) is 12.7 Å². The highest BCUT2D eigenvalue weighted by Crippen LogP contribution is 2.09. The maximum absolute atomic E-state index is 10.5. The summed E-state index contributed by atoms with van der Waals surface area (Å²) in [4.78, 5) is 10.5. The molecule has 0 aliphatic carbocycles. The van der Waals surface area contributed by atoms with Crippen molar-refractivity contribution in [1.29, 1.82) is 0 Å². The highest BCUT2D eigenvalue weighted by Gasteiger charge is 2.23. The Kier molecular flexibility index (Phi) is 2.31. The van der Waals surface area contributed by atoms with Crippen molar-refractivity contribution in [1.82, 2.24) is 0 Å². The van der Waals surface area contributed by atoms with Crippen LogP contribution in [0.4, 0.5) is 0 Å². The van der Waals surface area contributed by atoms with Gasteiger partial charge in [-0.3, -0.25) is 4.79 Å². The Labute approximate surface area is 59.6 Å². The molecule has 0 aromatic heterocycles. The summed E-state index contributed by atoms with van der Waals surface area (Å²) in [6.45, 7) is 2.25. The molecule has 0 N–H and O–H groups in total. The van der Waals surface area contributed by atoms with E-state index in [0.717, 1.165) is 0 Å². The maximum Gasteiger partial charge on any atom is 0.309 e. The highest BCUT2D eigenvalue weighted by molar-refractivity contribution is 5.71. The van der Waals surface area contributed by atoms with Crippen LogP contribution in [0.3, 0.4) is 0 Å². The first-order chi connectivity index (χ1) is 4.83. The summed E-state index contributed by atoms with van der Waals surface area (Å²) in [5.41, 5.74) is 0. The van der Waals surface area contributed by atoms with Gasteiger partial charge >= 0.3 is 5.97 Å². The number of esters is 1. The van der Waals surface area contributed by atoms with Crippen LogP contribution >= 0.6 is 0 Å². The van der Waals surface area contributed by atoms with Gasteiger partial charge in [0, 0.05) is 0 Å². The van der Waals surface area contributed by atoms with Gasteiger partial charge < -0.3 is 9.47 Å². The third kappa shape index (κ3) is 1.76. The first-order valence-electron chi connectivity index (χ1n) is 3.25. The molecule has 0 radical (unpaired) electrons. The molecule has 0 bridgehead atoms. The quantitative estimate of drug-likeness (QED) is 0.423. The fourth-order valence-corrected chi connectivity index (χ4v) is 0.767. The van der Waals surface area contributed by atoms with Crippen LogP contribution in [0.15, 0.2) is 12.3 Å². The van der Waals surface area contributed by atoms with Crippen LogP contribution in [-0.2, 0) is 14.3 Å². The number of cyclic esters (lactones) is 1. The molecule has 1 atom stereocenters. The zero-order chi connectivity index (χ0) is 7.40. The minimum atomic E-state index is -0.172. The van der Waals surface area contributed by atoms with Crippen LogP contribution in [0, 0.1) is 0 Å². The van der Waals surface area contributed by atoms with E-state index in [1.54, 1.807) is 12.3 Å². The van der Waals surface area contributed by atoms with E-state index in [9.17, 15) is 4.79 Å². The molecule has 10 heavy (non-hydrogen) atoms. The van der Waals surface area contributed by atoms with Gasteiger partial charge in [0.05, 0.1) is 12.7 Å². The summed E-state index contributed by atoms with van der Waals surface area (Å²) in [7, 11) is 0. The van der Waals surface area contributed by atoms with E-state index in [0.29, 0.717) is 13.0 Å². The zero-order valence-corrected chi connectivity index (χ0v) is 5.87. The van der Waals surface area contributed by atoms with E-state index in [2.05, 4.69) is 4.74 Å². The lowest BCUT2D eigenvalue weighted by Crippen LogP contribution is -2.07. The standard InChI is InChI=1S/C7H10O3/c1-2-3-9-6-4-7(8)10-5-6/h2-3,6H,4-5H2,1H3. The minimum absolute atomic E-state index is 0.0660. The SMILES string of the molecule is CC=COC1COC(=O)C1. The second kappa shape index (κ2) is 3.25. The number of ether oxygens (including phenoxy) is 2. The predicted molar refractivity (Wildman–Crippen MR) is 35.3 cm³/mol. The van der Waals surface area contributed by atoms with Gasteiger partial charge in [-0.2, -0.15) is 0 Å². The summed E-state index contributed by atoms with van der Waals surface area (Å²) >= 11 is 0. The largest absolute Gasteiger partial charge is 0.494 e. The lowest BCUT2D eigenvalue weighted by molar-refractivity contribution is -0.137. The average Bonchev–Trinajstić information content (AvgIpc) is 2.31. The van der Waals surface area contributed by atoms with E-state index in [1.165, 1.54) is 0 Å². The van der Waals surface area contributed by atoms with Crippen molar-refractivity contribution in [2.45, 2.75) is 19.4 Å². The Bertz CT molecular complexity index is 151. The molecule has 1 aliphatic rings. The second-order valence-electron chi connectivity index (χ2n) is 2.11. The molecule has 1 heterocycles. The van der Waals surface area contributed by atoms with E-state index >= 15 is 0 Å². The van der Waals surface area contributed by atoms with E-state index in [-0.39, 0.29) is 12.1 Å². The summed E-state index contributed by atoms with van der Waals surface area (Å²) in [5.74, 6) is -0.172. The van der Waals surface area contributed by atoms with Gasteiger partial charge in [0.25, 0.3) is 0 Å². The van der Waals surface area contributed by atoms with Crippen LogP contribution in [0.5, 0.6) is 0 Å². The van der Waals surface area contributed by atoms with Gasteiger partial charge in [-0.15, -0.1) is 0 Å². The van der Waals surface area contributed by atoms with Crippen LogP contribution in [0.2, 0.25) is 0 Å². The molecular formula is C7H10O3. The lowest BCUT2D eigenvalue weighted by Gasteiger charge is -2.03. The second-order valence-corrected chi connectivity index (χ2v) is 2.11. The van der Waals surface area contributed by atoms with Gasteiger partial charge in [-0.1, -0.05) is 6.08 Å². The maximum atomic E-state index is 10.5. The summed E-state index contributed by atoms with van der Waals surface area (Å²) in [5, 5.41) is 0. The van der Waals surface area contributed by atoms with Crippen LogP contribution < -0.4 is 0 Å². The molecule has 3 heteroatoms. The van der Waals surface area contributed by atoms with Crippen molar-refractivity contribution < 1.29 is 14.3 Å². The van der Waals surface area contributed by atoms with Crippen molar-refractivity contribution in [3.05, 3.63) is 12.3 Å². The zero-order valence-electron chi connectivity index (χ0n) is 5.87. The minimum Gasteiger partial charge on any atom is -0.494 e. The molecule has 1 unspecified atom stereocenters. The topological polar surface area (TPSA) is 35.5 Å². The van der Waals surface area contributed by atoms with Crippen LogP contribution in [0.25, 0.3) is 0 Å². The predicted octanol–water partition coefficient (Wildman–Crippen LogP) is 0.852. The van der Waals surface area contributed by atoms with Crippen molar-refractivity contribution >= 4 is 5.97 Å². The molecule has 1 saturated heterocycles. The highest BCUT2D eigenvalue weighted by atomic mass is 16.6. The average molecular weight is 142 g/mol. The van der Waals surface area contributed by atoms with Gasteiger partial charge in [0.15, 0.2) is 0 Å². The molecule has 0 aromatic carbocycles. The van der Waals surface area contributed by atoms with Gasteiger partial charge in [-0.25, -0.2) is 0 Å². The lowest BCUT2D eigenvalue weighted by atomic mass is 10.3. The fraction of sp³-hybridized carbons (Fsp3) is 0.571. The summed E-state index contributed by atoms with van der Waals surface area (Å²) in [6.07, 6.45) is 3.67. The molecule has 0 spiro atoms. The smallest absolute Gasteiger partial charge is 0.309 e. The third-order valence-corrected chi connectivity index (χ3v) is 1.23. The van der Waals surface area contributed by atoms with Crippen molar-refractivity contribution in [2.24, 2.45) is 0 Å². The first kappa shape index (κ1) is 7.12. The molecule has 0 aromatic rings. The van der Waals surface area contributed by atoms with Crippen molar-refractivity contribution in [2.75, 3.05) is 6.61 Å². The summed E-state index contributed by atoms with van der Waals surface area (Å²) in [6, 6.07) is 0. The van der Waals surface area contributed by atoms with Gasteiger partial charge in [0.2, 0.25) is 0 Å². The Morgan fingerprint density at radius 1 is 1.80 bits per heavy atom. The Hall–Kier alpha value is -0.990. The first-order valence-corrected chi connectivity index (χ1v) is 3.25. The van der Waals surface area contributed by atoms with Gasteiger partial charge in [-0.05, 0) is 6.92 Å². The van der Waals surface area contributed by atoms with Crippen LogP contribution in [0.1, 0.15) is 13.3 Å².